The van der Waals surface area contributed by atoms with Gasteiger partial charge in [0.1, 0.15) is 12.1 Å². The van der Waals surface area contributed by atoms with Crippen LogP contribution in [0.25, 0.3) is 0 Å². The van der Waals surface area contributed by atoms with E-state index < -0.39 is 23.4 Å². The number of carboxylic acids is 1. The Balaban J connectivity index is 2.09. The van der Waals surface area contributed by atoms with Crippen molar-refractivity contribution in [3.8, 4) is 0 Å². The van der Waals surface area contributed by atoms with Gasteiger partial charge in [-0.15, -0.1) is 0 Å². The van der Waals surface area contributed by atoms with Crippen LogP contribution in [0.5, 0.6) is 0 Å². The molecule has 0 amide bonds. The third-order valence-corrected chi connectivity index (χ3v) is 4.86. The van der Waals surface area contributed by atoms with Crippen LogP contribution in [-0.2, 0) is 20.9 Å². The quantitative estimate of drug-likeness (QED) is 0.826. The Bertz CT molecular complexity index is 546. The summed E-state index contributed by atoms with van der Waals surface area (Å²) in [6, 6.07) is 9.37. The van der Waals surface area contributed by atoms with Crippen molar-refractivity contribution < 1.29 is 19.4 Å². The molecule has 24 heavy (non-hydrogen) atoms. The van der Waals surface area contributed by atoms with Crippen molar-refractivity contribution in [2.24, 2.45) is 11.7 Å². The molecule has 2 atom stereocenters. The summed E-state index contributed by atoms with van der Waals surface area (Å²) in [5.41, 5.74) is 5.55. The number of carboxylic acid groups (broad SMARTS) is 1. The van der Waals surface area contributed by atoms with Crippen molar-refractivity contribution in [2.45, 2.75) is 63.5 Å². The molecule has 0 saturated heterocycles. The van der Waals surface area contributed by atoms with E-state index in [1.807, 2.05) is 30.3 Å². The summed E-state index contributed by atoms with van der Waals surface area (Å²) in [6.45, 7) is 0.145. The summed E-state index contributed by atoms with van der Waals surface area (Å²) >= 11 is 0. The second-order valence-electron chi connectivity index (χ2n) is 6.65. The lowest BCUT2D eigenvalue weighted by Crippen LogP contribution is -2.57. The van der Waals surface area contributed by atoms with Crippen molar-refractivity contribution >= 4 is 11.9 Å². The highest BCUT2D eigenvalue weighted by atomic mass is 16.5. The third-order valence-electron chi connectivity index (χ3n) is 4.86. The topological polar surface area (TPSA) is 89.6 Å². The number of carbonyl (C=O) groups is 2. The Morgan fingerprint density at radius 3 is 2.38 bits per heavy atom. The second kappa shape index (κ2) is 8.83. The van der Waals surface area contributed by atoms with Crippen LogP contribution in [0.3, 0.4) is 0 Å². The van der Waals surface area contributed by atoms with Crippen LogP contribution in [0.2, 0.25) is 0 Å². The average Bonchev–Trinajstić information content (AvgIpc) is 2.59. The molecule has 0 aliphatic heterocycles. The van der Waals surface area contributed by atoms with Gasteiger partial charge >= 0.3 is 11.9 Å². The van der Waals surface area contributed by atoms with Gasteiger partial charge in [-0.05, 0) is 18.4 Å². The predicted molar refractivity (Wildman–Crippen MR) is 91.2 cm³/mol. The molecule has 2 unspecified atom stereocenters. The molecular weight excluding hydrogens is 306 g/mol. The van der Waals surface area contributed by atoms with Crippen LogP contribution in [0.15, 0.2) is 30.3 Å². The lowest BCUT2D eigenvalue weighted by atomic mass is 9.76. The smallest absolute Gasteiger partial charge is 0.324 e. The van der Waals surface area contributed by atoms with Crippen LogP contribution in [0, 0.1) is 5.92 Å². The van der Waals surface area contributed by atoms with E-state index in [-0.39, 0.29) is 6.61 Å². The number of nitrogens with two attached hydrogens (primary N) is 1. The first kappa shape index (κ1) is 18.5. The molecule has 2 rings (SSSR count). The van der Waals surface area contributed by atoms with Crippen LogP contribution >= 0.6 is 0 Å². The molecule has 0 bridgehead atoms. The van der Waals surface area contributed by atoms with Gasteiger partial charge in [0.05, 0.1) is 5.92 Å². The monoisotopic (exact) mass is 333 g/mol. The summed E-state index contributed by atoms with van der Waals surface area (Å²) in [6.07, 6.45) is 6.48. The molecule has 0 spiro atoms. The number of rotatable bonds is 4. The molecule has 1 fully saturated rings. The van der Waals surface area contributed by atoms with E-state index in [1.165, 1.54) is 0 Å². The minimum absolute atomic E-state index is 0.145. The van der Waals surface area contributed by atoms with Gasteiger partial charge in [0.2, 0.25) is 0 Å². The van der Waals surface area contributed by atoms with Gasteiger partial charge in [-0.2, -0.15) is 0 Å². The largest absolute Gasteiger partial charge is 0.480 e. The van der Waals surface area contributed by atoms with Gasteiger partial charge < -0.3 is 15.6 Å². The molecule has 1 aromatic rings. The van der Waals surface area contributed by atoms with Crippen molar-refractivity contribution in [1.29, 1.82) is 0 Å². The Morgan fingerprint density at radius 2 is 1.71 bits per heavy atom. The molecular formula is C19H27NO4. The van der Waals surface area contributed by atoms with Crippen LogP contribution in [0.4, 0.5) is 0 Å². The van der Waals surface area contributed by atoms with E-state index in [4.69, 9.17) is 10.5 Å². The number of hydrogen-bond acceptors (Lipinski definition) is 4. The van der Waals surface area contributed by atoms with Gasteiger partial charge in [0.15, 0.2) is 0 Å². The highest BCUT2D eigenvalue weighted by molar-refractivity contribution is 5.87. The molecule has 1 aromatic carbocycles. The molecule has 0 radical (unpaired) electrons. The standard InChI is InChI=1S/C19H27NO4/c20-19(18(22)23)13-9-4-2-1-3-8-12-16(19)17(21)24-14-15-10-6-5-7-11-15/h5-7,10-11,16H,1-4,8-9,12-14,20H2,(H,22,23). The van der Waals surface area contributed by atoms with E-state index in [1.54, 1.807) is 0 Å². The number of benzene rings is 1. The number of carbonyl (C=O) groups excluding carboxylic acids is 1. The molecule has 132 valence electrons. The van der Waals surface area contributed by atoms with Gasteiger partial charge in [-0.3, -0.25) is 9.59 Å². The van der Waals surface area contributed by atoms with E-state index in [0.29, 0.717) is 12.8 Å². The van der Waals surface area contributed by atoms with E-state index in [0.717, 1.165) is 44.1 Å². The summed E-state index contributed by atoms with van der Waals surface area (Å²) in [5.74, 6) is -2.40. The maximum atomic E-state index is 12.6. The fourth-order valence-corrected chi connectivity index (χ4v) is 3.32. The summed E-state index contributed by atoms with van der Waals surface area (Å²) in [5, 5.41) is 9.65. The molecule has 1 aliphatic rings. The molecule has 5 heteroatoms. The number of aliphatic carboxylic acids is 1. The fourth-order valence-electron chi connectivity index (χ4n) is 3.32. The van der Waals surface area contributed by atoms with Crippen LogP contribution in [0.1, 0.15) is 56.9 Å². The zero-order valence-electron chi connectivity index (χ0n) is 14.1. The lowest BCUT2D eigenvalue weighted by Gasteiger charge is -2.33. The highest BCUT2D eigenvalue weighted by Gasteiger charge is 2.46. The Hall–Kier alpha value is -1.88. The average molecular weight is 333 g/mol. The van der Waals surface area contributed by atoms with E-state index in [9.17, 15) is 14.7 Å². The first-order chi connectivity index (χ1) is 11.5. The third kappa shape index (κ3) is 4.81. The van der Waals surface area contributed by atoms with Gasteiger partial charge in [0, 0.05) is 0 Å². The first-order valence-corrected chi connectivity index (χ1v) is 8.77. The Kier molecular flexibility index (Phi) is 6.79. The maximum Gasteiger partial charge on any atom is 0.324 e. The first-order valence-electron chi connectivity index (χ1n) is 8.77. The van der Waals surface area contributed by atoms with Crippen molar-refractivity contribution in [3.05, 3.63) is 35.9 Å². The van der Waals surface area contributed by atoms with Crippen LogP contribution in [-0.4, -0.2) is 22.6 Å². The fraction of sp³-hybridized carbons (Fsp3) is 0.579. The second-order valence-corrected chi connectivity index (χ2v) is 6.65. The van der Waals surface area contributed by atoms with Crippen molar-refractivity contribution in [2.75, 3.05) is 0 Å². The normalized spacial score (nSPS) is 25.6. The van der Waals surface area contributed by atoms with Gasteiger partial charge in [-0.25, -0.2) is 0 Å². The minimum atomic E-state index is -1.54. The highest BCUT2D eigenvalue weighted by Crippen LogP contribution is 2.30. The molecule has 1 aliphatic carbocycles. The Labute approximate surface area is 143 Å². The minimum Gasteiger partial charge on any atom is -0.480 e. The molecule has 0 heterocycles. The predicted octanol–water partition coefficient (Wildman–Crippen LogP) is 3.26. The van der Waals surface area contributed by atoms with E-state index >= 15 is 0 Å². The number of ether oxygens (including phenoxy) is 1. The lowest BCUT2D eigenvalue weighted by molar-refractivity contribution is -0.161. The zero-order chi connectivity index (χ0) is 17.4. The summed E-state index contributed by atoms with van der Waals surface area (Å²) in [4.78, 5) is 24.4. The van der Waals surface area contributed by atoms with Crippen molar-refractivity contribution in [1.82, 2.24) is 0 Å². The molecule has 0 aromatic heterocycles. The summed E-state index contributed by atoms with van der Waals surface area (Å²) < 4.78 is 5.40. The maximum absolute atomic E-state index is 12.6. The van der Waals surface area contributed by atoms with Crippen LogP contribution < -0.4 is 5.73 Å². The van der Waals surface area contributed by atoms with Crippen molar-refractivity contribution in [3.63, 3.8) is 0 Å². The summed E-state index contributed by atoms with van der Waals surface area (Å²) in [7, 11) is 0. The number of esters is 1. The van der Waals surface area contributed by atoms with Gasteiger partial charge in [-0.1, -0.05) is 68.9 Å². The van der Waals surface area contributed by atoms with E-state index in [2.05, 4.69) is 0 Å². The molecule has 3 N–H and O–H groups in total. The molecule has 1 saturated carbocycles. The number of hydrogen-bond donors (Lipinski definition) is 2. The Morgan fingerprint density at radius 1 is 1.08 bits per heavy atom. The zero-order valence-corrected chi connectivity index (χ0v) is 14.1. The van der Waals surface area contributed by atoms with Gasteiger partial charge in [0.25, 0.3) is 0 Å². The molecule has 5 nitrogen and oxygen atoms in total. The SMILES string of the molecule is NC1(C(=O)O)CCCCCCCCC1C(=O)OCc1ccccc1.